The van der Waals surface area contributed by atoms with Gasteiger partial charge in [-0.3, -0.25) is 0 Å². The third kappa shape index (κ3) is 2.32. The summed E-state index contributed by atoms with van der Waals surface area (Å²) in [6, 6.07) is 6.64. The largest absolute Gasteiger partial charge is 0.338 e. The Labute approximate surface area is 113 Å². The summed E-state index contributed by atoms with van der Waals surface area (Å²) >= 11 is 3.23. The Morgan fingerprint density at radius 2 is 2.00 bits per heavy atom. The maximum absolute atomic E-state index is 12.4. The molecule has 0 aliphatic rings. The van der Waals surface area contributed by atoms with E-state index in [-0.39, 0.29) is 10.8 Å². The van der Waals surface area contributed by atoms with Gasteiger partial charge in [-0.05, 0) is 41.9 Å². The van der Waals surface area contributed by atoms with Crippen molar-refractivity contribution in [3.8, 4) is 0 Å². The van der Waals surface area contributed by atoms with Crippen LogP contribution in [0.5, 0.6) is 0 Å². The average molecular weight is 331 g/mol. The first-order chi connectivity index (χ1) is 8.43. The topological polar surface area (TPSA) is 73.1 Å². The lowest BCUT2D eigenvalue weighted by Crippen LogP contribution is -2.11. The molecule has 2 aromatic rings. The van der Waals surface area contributed by atoms with Gasteiger partial charge in [-0.25, -0.2) is 8.42 Å². The molecule has 5 nitrogen and oxygen atoms in total. The molecular formula is C11H11BrN2O3S. The average Bonchev–Trinajstić information content (AvgIpc) is 2.75. The Morgan fingerprint density at radius 1 is 1.33 bits per heavy atom. The molecule has 7 heteroatoms. The Bertz CT molecular complexity index is 666. The van der Waals surface area contributed by atoms with E-state index in [2.05, 4.69) is 26.1 Å². The van der Waals surface area contributed by atoms with Crippen molar-refractivity contribution in [2.24, 2.45) is 0 Å². The second kappa shape index (κ2) is 4.81. The molecule has 0 aliphatic heterocycles. The molecule has 1 heterocycles. The number of nitrogens with zero attached hydrogens (tertiary/aromatic N) is 2. The van der Waals surface area contributed by atoms with Crippen LogP contribution in [0.25, 0.3) is 0 Å². The van der Waals surface area contributed by atoms with Gasteiger partial charge in [0.1, 0.15) is 5.25 Å². The van der Waals surface area contributed by atoms with Crippen LogP contribution in [0.3, 0.4) is 0 Å². The van der Waals surface area contributed by atoms with Crippen LogP contribution in [0.15, 0.2) is 38.2 Å². The molecule has 0 N–H and O–H groups in total. The highest BCUT2D eigenvalue weighted by molar-refractivity contribution is 9.10. The first-order valence-electron chi connectivity index (χ1n) is 5.21. The summed E-state index contributed by atoms with van der Waals surface area (Å²) in [5, 5.41) is 2.73. The predicted molar refractivity (Wildman–Crippen MR) is 68.8 cm³/mol. The van der Waals surface area contributed by atoms with Crippen molar-refractivity contribution in [3.05, 3.63) is 40.5 Å². The Morgan fingerprint density at radius 3 is 2.56 bits per heavy atom. The van der Waals surface area contributed by atoms with Crippen molar-refractivity contribution in [1.82, 2.24) is 10.1 Å². The van der Waals surface area contributed by atoms with Crippen LogP contribution in [-0.2, 0) is 9.84 Å². The van der Waals surface area contributed by atoms with Crippen LogP contribution in [0.1, 0.15) is 23.9 Å². The fraction of sp³-hybridized carbons (Fsp3) is 0.273. The van der Waals surface area contributed by atoms with Gasteiger partial charge in [0.2, 0.25) is 5.89 Å². The molecule has 2 rings (SSSR count). The standard InChI is InChI=1S/C11H11BrN2O3S/c1-7(11-13-8(2)14-17-11)18(15,16)10-6-4-3-5-9(10)12/h3-7H,1-2H3. The van der Waals surface area contributed by atoms with Crippen LogP contribution < -0.4 is 0 Å². The lowest BCUT2D eigenvalue weighted by molar-refractivity contribution is 0.373. The first kappa shape index (κ1) is 13.2. The molecular weight excluding hydrogens is 320 g/mol. The highest BCUT2D eigenvalue weighted by Gasteiger charge is 2.30. The molecule has 0 fully saturated rings. The Kier molecular flexibility index (Phi) is 3.54. The predicted octanol–water partition coefficient (Wildman–Crippen LogP) is 2.68. The number of rotatable bonds is 3. The molecule has 0 radical (unpaired) electrons. The van der Waals surface area contributed by atoms with Gasteiger partial charge in [0, 0.05) is 4.47 Å². The number of hydrogen-bond acceptors (Lipinski definition) is 5. The molecule has 0 bridgehead atoms. The number of aromatic nitrogens is 2. The Hall–Kier alpha value is -1.21. The van der Waals surface area contributed by atoms with Crippen LogP contribution >= 0.6 is 15.9 Å². The quantitative estimate of drug-likeness (QED) is 0.864. The Balaban J connectivity index is 2.47. The lowest BCUT2D eigenvalue weighted by Gasteiger charge is -2.10. The van der Waals surface area contributed by atoms with Crippen molar-refractivity contribution in [2.75, 3.05) is 0 Å². The summed E-state index contributed by atoms with van der Waals surface area (Å²) in [6.45, 7) is 3.17. The number of sulfone groups is 1. The third-order valence-electron chi connectivity index (χ3n) is 2.50. The number of aryl methyl sites for hydroxylation is 1. The van der Waals surface area contributed by atoms with Gasteiger partial charge in [0.25, 0.3) is 0 Å². The second-order valence-electron chi connectivity index (χ2n) is 3.80. The van der Waals surface area contributed by atoms with Crippen molar-refractivity contribution in [1.29, 1.82) is 0 Å². The third-order valence-corrected chi connectivity index (χ3v) is 5.56. The van der Waals surface area contributed by atoms with E-state index in [4.69, 9.17) is 4.52 Å². The van der Waals surface area contributed by atoms with Crippen molar-refractivity contribution < 1.29 is 12.9 Å². The summed E-state index contributed by atoms with van der Waals surface area (Å²) in [4.78, 5) is 4.18. The van der Waals surface area contributed by atoms with Gasteiger partial charge in [-0.2, -0.15) is 4.98 Å². The summed E-state index contributed by atoms with van der Waals surface area (Å²) in [7, 11) is -3.55. The summed E-state index contributed by atoms with van der Waals surface area (Å²) in [5.74, 6) is 0.516. The van der Waals surface area contributed by atoms with Crippen LogP contribution in [0.4, 0.5) is 0 Å². The zero-order valence-electron chi connectivity index (χ0n) is 9.79. The van der Waals surface area contributed by atoms with E-state index in [9.17, 15) is 8.42 Å². The van der Waals surface area contributed by atoms with Gasteiger partial charge in [0.15, 0.2) is 15.7 Å². The van der Waals surface area contributed by atoms with Crippen LogP contribution in [0.2, 0.25) is 0 Å². The molecule has 18 heavy (non-hydrogen) atoms. The summed E-state index contributed by atoms with van der Waals surface area (Å²) in [5.41, 5.74) is 0. The smallest absolute Gasteiger partial charge is 0.245 e. The molecule has 96 valence electrons. The number of halogens is 1. The van der Waals surface area contributed by atoms with E-state index < -0.39 is 15.1 Å². The molecule has 1 atom stereocenters. The molecule has 1 aromatic carbocycles. The van der Waals surface area contributed by atoms with E-state index in [0.29, 0.717) is 10.3 Å². The second-order valence-corrected chi connectivity index (χ2v) is 6.89. The fourth-order valence-corrected chi connectivity index (χ4v) is 3.79. The highest BCUT2D eigenvalue weighted by Crippen LogP contribution is 2.31. The maximum atomic E-state index is 12.4. The van der Waals surface area contributed by atoms with Crippen molar-refractivity contribution in [3.63, 3.8) is 0 Å². The van der Waals surface area contributed by atoms with Gasteiger partial charge < -0.3 is 4.52 Å². The normalized spacial score (nSPS) is 13.5. The maximum Gasteiger partial charge on any atom is 0.245 e. The van der Waals surface area contributed by atoms with Gasteiger partial charge >= 0.3 is 0 Å². The molecule has 1 unspecified atom stereocenters. The van der Waals surface area contributed by atoms with E-state index in [1.165, 1.54) is 6.92 Å². The minimum absolute atomic E-state index is 0.100. The van der Waals surface area contributed by atoms with Crippen molar-refractivity contribution >= 4 is 25.8 Å². The molecule has 0 spiro atoms. The molecule has 0 aliphatic carbocycles. The number of benzene rings is 1. The first-order valence-corrected chi connectivity index (χ1v) is 7.55. The van der Waals surface area contributed by atoms with Crippen LogP contribution in [0, 0.1) is 6.92 Å². The van der Waals surface area contributed by atoms with E-state index in [0.717, 1.165) is 0 Å². The minimum atomic E-state index is -3.55. The summed E-state index contributed by atoms with van der Waals surface area (Å²) in [6.07, 6.45) is 0. The van der Waals surface area contributed by atoms with Crippen molar-refractivity contribution in [2.45, 2.75) is 24.0 Å². The summed E-state index contributed by atoms with van der Waals surface area (Å²) < 4.78 is 30.2. The van der Waals surface area contributed by atoms with Crippen LogP contribution in [-0.4, -0.2) is 18.6 Å². The zero-order valence-corrected chi connectivity index (χ0v) is 12.2. The van der Waals surface area contributed by atoms with E-state index >= 15 is 0 Å². The number of hydrogen-bond donors (Lipinski definition) is 0. The minimum Gasteiger partial charge on any atom is -0.338 e. The lowest BCUT2D eigenvalue weighted by atomic mass is 10.4. The molecule has 0 amide bonds. The van der Waals surface area contributed by atoms with Gasteiger partial charge in [0.05, 0.1) is 4.90 Å². The molecule has 1 aromatic heterocycles. The fourth-order valence-electron chi connectivity index (χ4n) is 1.48. The van der Waals surface area contributed by atoms with Gasteiger partial charge in [-0.1, -0.05) is 17.3 Å². The highest BCUT2D eigenvalue weighted by atomic mass is 79.9. The van der Waals surface area contributed by atoms with E-state index in [1.54, 1.807) is 31.2 Å². The van der Waals surface area contributed by atoms with Gasteiger partial charge in [-0.15, -0.1) is 0 Å². The molecule has 0 saturated heterocycles. The monoisotopic (exact) mass is 330 g/mol. The zero-order chi connectivity index (χ0) is 13.3. The molecule has 0 saturated carbocycles. The SMILES string of the molecule is Cc1noc(C(C)S(=O)(=O)c2ccccc2Br)n1. The van der Waals surface area contributed by atoms with E-state index in [1.807, 2.05) is 0 Å².